The molecule has 136 valence electrons. The zero-order chi connectivity index (χ0) is 18.9. The van der Waals surface area contributed by atoms with Crippen LogP contribution in [0.15, 0.2) is 95.9 Å². The second-order valence-electron chi connectivity index (χ2n) is 6.22. The summed E-state index contributed by atoms with van der Waals surface area (Å²) in [6, 6.07) is 27.2. The molecule has 27 heavy (non-hydrogen) atoms. The van der Waals surface area contributed by atoms with Crippen LogP contribution in [0.4, 0.5) is 0 Å². The quantitative estimate of drug-likeness (QED) is 0.689. The summed E-state index contributed by atoms with van der Waals surface area (Å²) in [6.07, 6.45) is 0. The molecule has 2 unspecified atom stereocenters. The van der Waals surface area contributed by atoms with Crippen LogP contribution in [0.5, 0.6) is 0 Å². The van der Waals surface area contributed by atoms with Crippen LogP contribution < -0.4 is 0 Å². The van der Waals surface area contributed by atoms with Crippen molar-refractivity contribution >= 4 is 27.0 Å². The first-order chi connectivity index (χ1) is 13.1. The molecule has 0 amide bonds. The van der Waals surface area contributed by atoms with Crippen molar-refractivity contribution < 1.29 is 8.42 Å². The van der Waals surface area contributed by atoms with Gasteiger partial charge in [-0.1, -0.05) is 90.6 Å². The number of nitrogens with zero attached hydrogens (tertiary/aromatic N) is 1. The standard InChI is InChI=1S/C21H18N2O2S2/c22-21-23(27(24,25)18-14-8-3-9-15-18)19(16-10-4-1-5-11-16)20(26-21)17-12-6-2-7-13-17/h1-15,19-20,22H. The van der Waals surface area contributed by atoms with E-state index in [0.29, 0.717) is 0 Å². The van der Waals surface area contributed by atoms with Crippen LogP contribution in [0.3, 0.4) is 0 Å². The molecule has 2 atom stereocenters. The molecule has 1 heterocycles. The highest BCUT2D eigenvalue weighted by atomic mass is 32.2. The summed E-state index contributed by atoms with van der Waals surface area (Å²) < 4.78 is 28.0. The van der Waals surface area contributed by atoms with Crippen LogP contribution in [0, 0.1) is 5.41 Å². The van der Waals surface area contributed by atoms with Gasteiger partial charge in [-0.05, 0) is 23.3 Å². The van der Waals surface area contributed by atoms with E-state index < -0.39 is 16.1 Å². The Bertz CT molecular complexity index is 1040. The third kappa shape index (κ3) is 3.26. The summed E-state index contributed by atoms with van der Waals surface area (Å²) >= 11 is 1.28. The van der Waals surface area contributed by atoms with Crippen molar-refractivity contribution in [3.8, 4) is 0 Å². The number of rotatable bonds is 4. The minimum absolute atomic E-state index is 0.0431. The maximum absolute atomic E-state index is 13.4. The Hall–Kier alpha value is -2.57. The van der Waals surface area contributed by atoms with Gasteiger partial charge in [0.2, 0.25) is 0 Å². The Morgan fingerprint density at radius 1 is 0.741 bits per heavy atom. The minimum Gasteiger partial charge on any atom is -0.278 e. The fourth-order valence-corrected chi connectivity index (χ4v) is 6.45. The molecule has 1 saturated heterocycles. The van der Waals surface area contributed by atoms with Crippen molar-refractivity contribution in [2.24, 2.45) is 0 Å². The first kappa shape index (κ1) is 17.8. The highest BCUT2D eigenvalue weighted by Crippen LogP contribution is 2.52. The van der Waals surface area contributed by atoms with E-state index in [1.165, 1.54) is 16.1 Å². The van der Waals surface area contributed by atoms with Crippen LogP contribution in [0.1, 0.15) is 22.4 Å². The van der Waals surface area contributed by atoms with Crippen molar-refractivity contribution in [3.05, 3.63) is 102 Å². The lowest BCUT2D eigenvalue weighted by molar-refractivity contribution is 0.444. The molecule has 6 heteroatoms. The van der Waals surface area contributed by atoms with E-state index in [1.807, 2.05) is 60.7 Å². The van der Waals surface area contributed by atoms with Gasteiger partial charge in [-0.25, -0.2) is 12.7 Å². The predicted molar refractivity (Wildman–Crippen MR) is 109 cm³/mol. The van der Waals surface area contributed by atoms with Crippen molar-refractivity contribution in [2.45, 2.75) is 16.2 Å². The van der Waals surface area contributed by atoms with Crippen LogP contribution in [0.2, 0.25) is 0 Å². The third-order valence-corrected chi connectivity index (χ3v) is 7.66. The Morgan fingerprint density at radius 3 is 1.78 bits per heavy atom. The molecule has 3 aromatic rings. The van der Waals surface area contributed by atoms with E-state index in [9.17, 15) is 8.42 Å². The fraction of sp³-hybridized carbons (Fsp3) is 0.0952. The molecule has 4 rings (SSSR count). The molecule has 4 nitrogen and oxygen atoms in total. The van der Waals surface area contributed by atoms with Crippen LogP contribution >= 0.6 is 11.8 Å². The Labute approximate surface area is 163 Å². The van der Waals surface area contributed by atoms with E-state index in [4.69, 9.17) is 5.41 Å². The number of hydrogen-bond acceptors (Lipinski definition) is 4. The summed E-state index contributed by atoms with van der Waals surface area (Å²) in [7, 11) is -3.84. The Balaban J connectivity index is 1.86. The average Bonchev–Trinajstić information content (AvgIpc) is 3.08. The largest absolute Gasteiger partial charge is 0.278 e. The van der Waals surface area contributed by atoms with Crippen LogP contribution in [-0.2, 0) is 10.0 Å². The van der Waals surface area contributed by atoms with E-state index >= 15 is 0 Å². The fourth-order valence-electron chi connectivity index (χ4n) is 3.30. The topological polar surface area (TPSA) is 61.2 Å². The van der Waals surface area contributed by atoms with Crippen molar-refractivity contribution in [2.75, 3.05) is 0 Å². The van der Waals surface area contributed by atoms with Gasteiger partial charge < -0.3 is 0 Å². The van der Waals surface area contributed by atoms with Crippen molar-refractivity contribution in [3.63, 3.8) is 0 Å². The first-order valence-corrected chi connectivity index (χ1v) is 10.9. The van der Waals surface area contributed by atoms with Crippen LogP contribution in [-0.4, -0.2) is 17.9 Å². The monoisotopic (exact) mass is 394 g/mol. The maximum Gasteiger partial charge on any atom is 0.266 e. The summed E-state index contributed by atoms with van der Waals surface area (Å²) in [4.78, 5) is 0.199. The van der Waals surface area contributed by atoms with Crippen molar-refractivity contribution in [1.82, 2.24) is 4.31 Å². The van der Waals surface area contributed by atoms with E-state index in [0.717, 1.165) is 11.1 Å². The SMILES string of the molecule is N=C1SC(c2ccccc2)C(c2ccccc2)N1S(=O)(=O)c1ccccc1. The molecule has 0 aliphatic carbocycles. The van der Waals surface area contributed by atoms with Gasteiger partial charge in [-0.15, -0.1) is 0 Å². The molecule has 1 aliphatic rings. The number of thioether (sulfide) groups is 1. The van der Waals surface area contributed by atoms with Gasteiger partial charge in [0.25, 0.3) is 10.0 Å². The summed E-state index contributed by atoms with van der Waals surface area (Å²) in [5.74, 6) is 0. The second kappa shape index (κ2) is 7.21. The average molecular weight is 395 g/mol. The number of nitrogens with one attached hydrogen (secondary N) is 1. The molecular formula is C21H18N2O2S2. The minimum atomic E-state index is -3.84. The molecule has 0 aromatic heterocycles. The summed E-state index contributed by atoms with van der Waals surface area (Å²) in [5.41, 5.74) is 1.88. The summed E-state index contributed by atoms with van der Waals surface area (Å²) in [6.45, 7) is 0. The van der Waals surface area contributed by atoms with Gasteiger partial charge in [0.05, 0.1) is 16.2 Å². The van der Waals surface area contributed by atoms with E-state index in [1.54, 1.807) is 30.3 Å². The third-order valence-electron chi connectivity index (χ3n) is 4.55. The zero-order valence-electron chi connectivity index (χ0n) is 14.4. The molecule has 1 aliphatic heterocycles. The van der Waals surface area contributed by atoms with Gasteiger partial charge in [0.1, 0.15) is 0 Å². The highest BCUT2D eigenvalue weighted by molar-refractivity contribution is 8.15. The lowest BCUT2D eigenvalue weighted by atomic mass is 9.98. The van der Waals surface area contributed by atoms with Gasteiger partial charge in [-0.2, -0.15) is 0 Å². The second-order valence-corrected chi connectivity index (χ2v) is 9.17. The molecule has 1 N–H and O–H groups in total. The normalized spacial score (nSPS) is 20.0. The molecule has 0 radical (unpaired) electrons. The van der Waals surface area contributed by atoms with Gasteiger partial charge in [0, 0.05) is 0 Å². The smallest absolute Gasteiger partial charge is 0.266 e. The Morgan fingerprint density at radius 2 is 1.22 bits per heavy atom. The van der Waals surface area contributed by atoms with Gasteiger partial charge in [0.15, 0.2) is 5.17 Å². The maximum atomic E-state index is 13.4. The summed E-state index contributed by atoms with van der Waals surface area (Å²) in [5, 5.41) is 8.34. The predicted octanol–water partition coefficient (Wildman–Crippen LogP) is 4.84. The molecule has 1 fully saturated rings. The number of sulfonamides is 1. The first-order valence-electron chi connectivity index (χ1n) is 8.53. The van der Waals surface area contributed by atoms with Crippen LogP contribution in [0.25, 0.3) is 0 Å². The van der Waals surface area contributed by atoms with E-state index in [2.05, 4.69) is 0 Å². The van der Waals surface area contributed by atoms with Crippen molar-refractivity contribution in [1.29, 1.82) is 5.41 Å². The molecular weight excluding hydrogens is 376 g/mol. The molecule has 0 bridgehead atoms. The highest BCUT2D eigenvalue weighted by Gasteiger charge is 2.46. The van der Waals surface area contributed by atoms with Gasteiger partial charge >= 0.3 is 0 Å². The zero-order valence-corrected chi connectivity index (χ0v) is 16.0. The molecule has 0 spiro atoms. The lowest BCUT2D eigenvalue weighted by Crippen LogP contribution is -2.34. The molecule has 0 saturated carbocycles. The number of amidine groups is 1. The lowest BCUT2D eigenvalue weighted by Gasteiger charge is -2.28. The Kier molecular flexibility index (Phi) is 4.76. The number of benzene rings is 3. The number of hydrogen-bond donors (Lipinski definition) is 1. The van der Waals surface area contributed by atoms with Gasteiger partial charge in [-0.3, -0.25) is 5.41 Å². The van der Waals surface area contributed by atoms with E-state index in [-0.39, 0.29) is 15.3 Å². The molecule has 3 aromatic carbocycles.